The second kappa shape index (κ2) is 11.7. The lowest BCUT2D eigenvalue weighted by Gasteiger charge is -2.22. The van der Waals surface area contributed by atoms with Crippen LogP contribution in [0, 0.1) is 0 Å². The van der Waals surface area contributed by atoms with E-state index in [-0.39, 0.29) is 0 Å². The minimum Gasteiger partial charge on any atom is -0.371 e. The molecule has 0 aliphatic heterocycles. The SMILES string of the molecule is S=C(S)CNCCN(CCCNC(=S)S)C(=S)S. The summed E-state index contributed by atoms with van der Waals surface area (Å²) in [5, 5.41) is 6.16. The lowest BCUT2D eigenvalue weighted by molar-refractivity contribution is 0.419. The van der Waals surface area contributed by atoms with Crippen LogP contribution in [-0.4, -0.2) is 50.5 Å². The number of thiol groups is 3. The van der Waals surface area contributed by atoms with E-state index in [1.165, 1.54) is 0 Å². The molecule has 104 valence electrons. The Morgan fingerprint density at radius 3 is 2.17 bits per heavy atom. The van der Waals surface area contributed by atoms with E-state index in [1.807, 2.05) is 4.90 Å². The zero-order chi connectivity index (χ0) is 14.0. The molecule has 0 radical (unpaired) electrons. The van der Waals surface area contributed by atoms with Crippen molar-refractivity contribution in [1.82, 2.24) is 15.5 Å². The van der Waals surface area contributed by atoms with Crippen LogP contribution in [0.15, 0.2) is 0 Å². The van der Waals surface area contributed by atoms with Crippen molar-refractivity contribution < 1.29 is 0 Å². The average Bonchev–Trinajstić information content (AvgIpc) is 2.25. The third-order valence-electron chi connectivity index (χ3n) is 1.99. The Morgan fingerprint density at radius 2 is 1.67 bits per heavy atom. The monoisotopic (exact) mass is 359 g/mol. The highest BCUT2D eigenvalue weighted by Gasteiger charge is 2.05. The van der Waals surface area contributed by atoms with Crippen molar-refractivity contribution in [2.24, 2.45) is 0 Å². The molecule has 0 aliphatic rings. The molecule has 0 bridgehead atoms. The molecular weight excluding hydrogens is 343 g/mol. The summed E-state index contributed by atoms with van der Waals surface area (Å²) in [5.74, 6) is 0. The van der Waals surface area contributed by atoms with Gasteiger partial charge in [0.15, 0.2) is 0 Å². The maximum Gasteiger partial charge on any atom is 0.133 e. The van der Waals surface area contributed by atoms with E-state index in [1.54, 1.807) is 0 Å². The maximum atomic E-state index is 5.08. The highest BCUT2D eigenvalue weighted by atomic mass is 32.1. The molecule has 2 N–H and O–H groups in total. The van der Waals surface area contributed by atoms with Gasteiger partial charge in [0.25, 0.3) is 0 Å². The van der Waals surface area contributed by atoms with E-state index >= 15 is 0 Å². The molecular formula is C9H17N3S6. The molecule has 9 heteroatoms. The standard InChI is InChI=1S/C9H17N3S6/c13-7(14)6-10-3-5-12(9(17)18)4-1-2-11-8(15)16/h10H,1-6H2,(H,13,14)(H,17,18)(H2,11,15,16). The van der Waals surface area contributed by atoms with Crippen LogP contribution in [-0.2, 0) is 0 Å². The first-order chi connectivity index (χ1) is 8.43. The van der Waals surface area contributed by atoms with Crippen molar-refractivity contribution in [3.8, 4) is 0 Å². The molecule has 0 amide bonds. The Bertz CT molecular complexity index is 274. The lowest BCUT2D eigenvalue weighted by atomic mass is 10.4. The first kappa shape index (κ1) is 18.9. The van der Waals surface area contributed by atoms with E-state index in [4.69, 9.17) is 36.7 Å². The number of nitrogens with zero attached hydrogens (tertiary/aromatic N) is 1. The molecule has 0 rings (SSSR count). The Labute approximate surface area is 141 Å². The molecule has 0 aliphatic carbocycles. The van der Waals surface area contributed by atoms with Crippen molar-refractivity contribution >= 4 is 87.4 Å². The van der Waals surface area contributed by atoms with Crippen LogP contribution >= 0.6 is 74.5 Å². The van der Waals surface area contributed by atoms with E-state index < -0.39 is 0 Å². The highest BCUT2D eigenvalue weighted by molar-refractivity contribution is 8.11. The summed E-state index contributed by atoms with van der Waals surface area (Å²) < 4.78 is 1.76. The summed E-state index contributed by atoms with van der Waals surface area (Å²) in [7, 11) is 0. The van der Waals surface area contributed by atoms with Crippen molar-refractivity contribution in [1.29, 1.82) is 0 Å². The number of rotatable bonds is 9. The van der Waals surface area contributed by atoms with Crippen LogP contribution in [0.1, 0.15) is 6.42 Å². The van der Waals surface area contributed by atoms with Gasteiger partial charge in [0.2, 0.25) is 0 Å². The van der Waals surface area contributed by atoms with Gasteiger partial charge in [-0.3, -0.25) is 0 Å². The van der Waals surface area contributed by atoms with Gasteiger partial charge in [-0.1, -0.05) is 36.7 Å². The Balaban J connectivity index is 3.75. The zero-order valence-electron chi connectivity index (χ0n) is 9.76. The summed E-state index contributed by atoms with van der Waals surface area (Å²) in [5.41, 5.74) is 0. The van der Waals surface area contributed by atoms with Crippen LogP contribution < -0.4 is 10.6 Å². The van der Waals surface area contributed by atoms with Crippen LogP contribution in [0.4, 0.5) is 0 Å². The first-order valence-corrected chi connectivity index (χ1v) is 7.87. The smallest absolute Gasteiger partial charge is 0.133 e. The minimum atomic E-state index is 0.513. The van der Waals surface area contributed by atoms with Crippen LogP contribution in [0.5, 0.6) is 0 Å². The molecule has 18 heavy (non-hydrogen) atoms. The molecule has 0 saturated heterocycles. The summed E-state index contributed by atoms with van der Waals surface area (Å²) in [6.45, 7) is 3.83. The van der Waals surface area contributed by atoms with E-state index in [9.17, 15) is 0 Å². The summed E-state index contributed by atoms with van der Waals surface area (Å²) >= 11 is 27.0. The zero-order valence-corrected chi connectivity index (χ0v) is 14.9. The second-order valence-electron chi connectivity index (χ2n) is 3.43. The van der Waals surface area contributed by atoms with Gasteiger partial charge in [0.05, 0.1) is 4.20 Å². The van der Waals surface area contributed by atoms with Gasteiger partial charge in [-0.25, -0.2) is 0 Å². The Hall–Kier alpha value is 0.880. The van der Waals surface area contributed by atoms with Crippen molar-refractivity contribution in [3.05, 3.63) is 0 Å². The van der Waals surface area contributed by atoms with Gasteiger partial charge >= 0.3 is 0 Å². The third-order valence-corrected chi connectivity index (χ3v) is 3.13. The fourth-order valence-electron chi connectivity index (χ4n) is 1.18. The first-order valence-electron chi connectivity index (χ1n) is 5.30. The number of thiocarbonyl (C=S) groups is 3. The summed E-state index contributed by atoms with van der Waals surface area (Å²) in [6, 6.07) is 0. The molecule has 0 spiro atoms. The normalized spacial score (nSPS) is 9.94. The molecule has 0 aromatic rings. The maximum absolute atomic E-state index is 5.08. The van der Waals surface area contributed by atoms with E-state index in [0.29, 0.717) is 19.4 Å². The molecule has 0 saturated carbocycles. The van der Waals surface area contributed by atoms with Gasteiger partial charge in [-0.15, -0.1) is 37.9 Å². The predicted molar refractivity (Wildman–Crippen MR) is 102 cm³/mol. The number of hydrogen-bond donors (Lipinski definition) is 5. The average molecular weight is 360 g/mol. The molecule has 0 aromatic heterocycles. The van der Waals surface area contributed by atoms with Crippen molar-refractivity contribution in [2.75, 3.05) is 32.7 Å². The topological polar surface area (TPSA) is 27.3 Å². The van der Waals surface area contributed by atoms with Gasteiger partial charge in [-0.2, -0.15) is 0 Å². The third kappa shape index (κ3) is 11.9. The van der Waals surface area contributed by atoms with Crippen LogP contribution in [0.2, 0.25) is 0 Å². The van der Waals surface area contributed by atoms with Gasteiger partial charge < -0.3 is 15.5 Å². The Morgan fingerprint density at radius 1 is 1.00 bits per heavy atom. The summed E-state index contributed by atoms with van der Waals surface area (Å²) in [4.78, 5) is 2.02. The van der Waals surface area contributed by atoms with Crippen LogP contribution in [0.25, 0.3) is 0 Å². The largest absolute Gasteiger partial charge is 0.371 e. The highest BCUT2D eigenvalue weighted by Crippen LogP contribution is 1.98. The van der Waals surface area contributed by atoms with Gasteiger partial charge in [0, 0.05) is 32.7 Å². The molecule has 0 heterocycles. The van der Waals surface area contributed by atoms with Gasteiger partial charge in [0.1, 0.15) is 8.64 Å². The number of nitrogens with one attached hydrogen (secondary N) is 2. The quantitative estimate of drug-likeness (QED) is 0.244. The van der Waals surface area contributed by atoms with E-state index in [2.05, 4.69) is 48.5 Å². The molecule has 0 atom stereocenters. The van der Waals surface area contributed by atoms with Crippen LogP contribution in [0.3, 0.4) is 0 Å². The molecule has 3 nitrogen and oxygen atoms in total. The molecule has 0 fully saturated rings. The predicted octanol–water partition coefficient (Wildman–Crippen LogP) is 1.54. The lowest BCUT2D eigenvalue weighted by Crippen LogP contribution is -2.36. The van der Waals surface area contributed by atoms with Crippen molar-refractivity contribution in [2.45, 2.75) is 6.42 Å². The molecule has 0 aromatic carbocycles. The fourth-order valence-corrected chi connectivity index (χ4v) is 1.99. The van der Waals surface area contributed by atoms with E-state index in [0.717, 1.165) is 32.6 Å². The fraction of sp³-hybridized carbons (Fsp3) is 0.667. The Kier molecular flexibility index (Phi) is 12.3. The molecule has 0 unspecified atom stereocenters. The minimum absolute atomic E-state index is 0.513. The second-order valence-corrected chi connectivity index (χ2v) is 7.03. The number of hydrogen-bond acceptors (Lipinski definition) is 4. The summed E-state index contributed by atoms with van der Waals surface area (Å²) in [6.07, 6.45) is 0.923. The van der Waals surface area contributed by atoms with Crippen molar-refractivity contribution in [3.63, 3.8) is 0 Å². The van der Waals surface area contributed by atoms with Gasteiger partial charge in [-0.05, 0) is 6.42 Å².